The van der Waals surface area contributed by atoms with Gasteiger partial charge in [0, 0.05) is 30.0 Å². The minimum Gasteiger partial charge on any atom is -0.353 e. The molecule has 0 aliphatic carbocycles. The highest BCUT2D eigenvalue weighted by Crippen LogP contribution is 2.30. The molecule has 0 spiro atoms. The lowest BCUT2D eigenvalue weighted by Crippen LogP contribution is -2.47. The number of rotatable bonds is 4. The van der Waals surface area contributed by atoms with Gasteiger partial charge in [-0.05, 0) is 31.5 Å². The van der Waals surface area contributed by atoms with Crippen molar-refractivity contribution in [1.82, 2.24) is 0 Å². The van der Waals surface area contributed by atoms with Crippen LogP contribution < -0.4 is 10.6 Å². The molecule has 1 aliphatic rings. The summed E-state index contributed by atoms with van der Waals surface area (Å²) < 4.78 is 24.1. The van der Waals surface area contributed by atoms with Crippen molar-refractivity contribution >= 4 is 27.3 Å². The van der Waals surface area contributed by atoms with Gasteiger partial charge in [-0.1, -0.05) is 17.7 Å². The summed E-state index contributed by atoms with van der Waals surface area (Å²) in [5.41, 5.74) is 9.04. The summed E-state index contributed by atoms with van der Waals surface area (Å²) in [6.45, 7) is 3.38. The van der Waals surface area contributed by atoms with Crippen molar-refractivity contribution < 1.29 is 8.42 Å². The van der Waals surface area contributed by atoms with E-state index in [1.54, 1.807) is 11.8 Å². The standard InChI is InChI=1S/C14H22N2O2S2/c1-11-3-4-13(12(9-11)5-6-15)16-7-8-19-10-14(16)20(2,17)18/h3-4,9,14H,5-8,10,15H2,1-2H3. The predicted molar refractivity (Wildman–Crippen MR) is 87.2 cm³/mol. The summed E-state index contributed by atoms with van der Waals surface area (Å²) in [6, 6.07) is 6.19. The van der Waals surface area contributed by atoms with Crippen molar-refractivity contribution in [2.75, 3.05) is 35.8 Å². The summed E-state index contributed by atoms with van der Waals surface area (Å²) >= 11 is 1.71. The van der Waals surface area contributed by atoms with E-state index in [1.165, 1.54) is 11.8 Å². The van der Waals surface area contributed by atoms with Crippen LogP contribution in [0.25, 0.3) is 0 Å². The lowest BCUT2D eigenvalue weighted by atomic mass is 10.1. The van der Waals surface area contributed by atoms with Crippen molar-refractivity contribution in [2.45, 2.75) is 18.7 Å². The molecule has 0 saturated carbocycles. The molecule has 1 fully saturated rings. The second kappa shape index (κ2) is 6.37. The largest absolute Gasteiger partial charge is 0.353 e. The Morgan fingerprint density at radius 2 is 2.20 bits per heavy atom. The second-order valence-corrected chi connectivity index (χ2v) is 8.58. The Hall–Kier alpha value is -0.720. The van der Waals surface area contributed by atoms with E-state index in [0.717, 1.165) is 30.0 Å². The average molecular weight is 314 g/mol. The molecule has 1 unspecified atom stereocenters. The van der Waals surface area contributed by atoms with Crippen LogP contribution in [0.4, 0.5) is 5.69 Å². The van der Waals surface area contributed by atoms with Crippen molar-refractivity contribution in [1.29, 1.82) is 0 Å². The molecule has 1 aromatic carbocycles. The number of nitrogens with zero attached hydrogens (tertiary/aromatic N) is 1. The molecule has 0 radical (unpaired) electrons. The quantitative estimate of drug-likeness (QED) is 0.910. The minimum absolute atomic E-state index is 0.430. The lowest BCUT2D eigenvalue weighted by molar-refractivity contribution is 0.584. The topological polar surface area (TPSA) is 63.4 Å². The number of hydrogen-bond acceptors (Lipinski definition) is 5. The van der Waals surface area contributed by atoms with E-state index in [-0.39, 0.29) is 0 Å². The van der Waals surface area contributed by atoms with Gasteiger partial charge in [0.1, 0.15) is 5.37 Å². The van der Waals surface area contributed by atoms with Gasteiger partial charge in [-0.2, -0.15) is 11.8 Å². The normalized spacial score (nSPS) is 20.1. The average Bonchev–Trinajstić information content (AvgIpc) is 2.38. The fourth-order valence-corrected chi connectivity index (χ4v) is 5.39. The van der Waals surface area contributed by atoms with Crippen LogP contribution in [0.3, 0.4) is 0 Å². The van der Waals surface area contributed by atoms with Crippen LogP contribution in [0.5, 0.6) is 0 Å². The highest BCUT2D eigenvalue weighted by molar-refractivity contribution is 8.01. The molecule has 0 aromatic heterocycles. The molecule has 112 valence electrons. The number of nitrogens with two attached hydrogens (primary N) is 1. The molecule has 1 saturated heterocycles. The molecule has 2 rings (SSSR count). The van der Waals surface area contributed by atoms with Crippen molar-refractivity contribution in [3.63, 3.8) is 0 Å². The van der Waals surface area contributed by atoms with Gasteiger partial charge >= 0.3 is 0 Å². The number of aryl methyl sites for hydroxylation is 1. The van der Waals surface area contributed by atoms with Crippen molar-refractivity contribution in [2.24, 2.45) is 5.73 Å². The van der Waals surface area contributed by atoms with Gasteiger partial charge in [0.05, 0.1) is 0 Å². The molecule has 1 aliphatic heterocycles. The van der Waals surface area contributed by atoms with Crippen molar-refractivity contribution in [3.05, 3.63) is 29.3 Å². The predicted octanol–water partition coefficient (Wildman–Crippen LogP) is 1.42. The van der Waals surface area contributed by atoms with Crippen LogP contribution in [0.15, 0.2) is 18.2 Å². The third-order valence-corrected chi connectivity index (χ3v) is 6.18. The number of sulfone groups is 1. The van der Waals surface area contributed by atoms with Crippen molar-refractivity contribution in [3.8, 4) is 0 Å². The van der Waals surface area contributed by atoms with Crippen LogP contribution in [0.2, 0.25) is 0 Å². The third kappa shape index (κ3) is 3.48. The monoisotopic (exact) mass is 314 g/mol. The maximum absolute atomic E-state index is 12.0. The smallest absolute Gasteiger partial charge is 0.169 e. The molecule has 0 amide bonds. The van der Waals surface area contributed by atoms with Gasteiger partial charge in [0.25, 0.3) is 0 Å². The Balaban J connectivity index is 2.42. The van der Waals surface area contributed by atoms with E-state index in [9.17, 15) is 8.42 Å². The Morgan fingerprint density at radius 3 is 2.85 bits per heavy atom. The molecule has 0 bridgehead atoms. The summed E-state index contributed by atoms with van der Waals surface area (Å²) in [5, 5.41) is -0.430. The molecule has 20 heavy (non-hydrogen) atoms. The zero-order chi connectivity index (χ0) is 14.8. The van der Waals surface area contributed by atoms with E-state index >= 15 is 0 Å². The van der Waals surface area contributed by atoms with Gasteiger partial charge in [0.2, 0.25) is 0 Å². The zero-order valence-corrected chi connectivity index (χ0v) is 13.6. The minimum atomic E-state index is -3.09. The van der Waals surface area contributed by atoms with Gasteiger partial charge in [-0.25, -0.2) is 8.42 Å². The van der Waals surface area contributed by atoms with E-state index in [4.69, 9.17) is 5.73 Å². The summed E-state index contributed by atoms with van der Waals surface area (Å²) in [4.78, 5) is 2.04. The van der Waals surface area contributed by atoms with Gasteiger partial charge < -0.3 is 10.6 Å². The van der Waals surface area contributed by atoms with E-state index in [1.807, 2.05) is 24.0 Å². The second-order valence-electron chi connectivity index (χ2n) is 5.22. The first-order valence-electron chi connectivity index (χ1n) is 6.76. The first kappa shape index (κ1) is 15.7. The number of hydrogen-bond donors (Lipinski definition) is 1. The number of thioether (sulfide) groups is 1. The number of anilines is 1. The highest BCUT2D eigenvalue weighted by atomic mass is 32.2. The SMILES string of the molecule is Cc1ccc(N2CCSCC2S(C)(=O)=O)c(CCN)c1. The molecular formula is C14H22N2O2S2. The molecule has 1 atom stereocenters. The van der Waals surface area contributed by atoms with Crippen LogP contribution in [0, 0.1) is 6.92 Å². The first-order valence-corrected chi connectivity index (χ1v) is 9.87. The number of benzene rings is 1. The Bertz CT molecular complexity index is 573. The van der Waals surface area contributed by atoms with Crippen LogP contribution in [0.1, 0.15) is 11.1 Å². The van der Waals surface area contributed by atoms with E-state index in [0.29, 0.717) is 12.3 Å². The first-order chi connectivity index (χ1) is 9.43. The lowest BCUT2D eigenvalue weighted by Gasteiger charge is -2.37. The highest BCUT2D eigenvalue weighted by Gasteiger charge is 2.32. The molecule has 2 N–H and O–H groups in total. The molecule has 1 heterocycles. The molecule has 6 heteroatoms. The van der Waals surface area contributed by atoms with Gasteiger partial charge in [-0.15, -0.1) is 0 Å². The van der Waals surface area contributed by atoms with Crippen LogP contribution in [-0.4, -0.2) is 44.6 Å². The Labute approximate surface area is 125 Å². The zero-order valence-electron chi connectivity index (χ0n) is 12.0. The van der Waals surface area contributed by atoms with E-state index < -0.39 is 15.2 Å². The Kier molecular flexibility index (Phi) is 4.99. The summed E-state index contributed by atoms with van der Waals surface area (Å²) in [6.07, 6.45) is 2.10. The maximum atomic E-state index is 12.0. The van der Waals surface area contributed by atoms with E-state index in [2.05, 4.69) is 6.07 Å². The molecule has 4 nitrogen and oxygen atoms in total. The maximum Gasteiger partial charge on any atom is 0.169 e. The fourth-order valence-electron chi connectivity index (χ4n) is 2.56. The fraction of sp³-hybridized carbons (Fsp3) is 0.571. The van der Waals surface area contributed by atoms with Gasteiger partial charge in [-0.3, -0.25) is 0 Å². The molecular weight excluding hydrogens is 292 g/mol. The summed E-state index contributed by atoms with van der Waals surface area (Å²) in [5.74, 6) is 1.59. The molecule has 1 aromatic rings. The van der Waals surface area contributed by atoms with Gasteiger partial charge in [0.15, 0.2) is 9.84 Å². The Morgan fingerprint density at radius 1 is 1.45 bits per heavy atom. The third-order valence-electron chi connectivity index (χ3n) is 3.54. The van der Waals surface area contributed by atoms with Crippen LogP contribution in [-0.2, 0) is 16.3 Å². The van der Waals surface area contributed by atoms with Crippen LogP contribution >= 0.6 is 11.8 Å². The summed E-state index contributed by atoms with van der Waals surface area (Å²) in [7, 11) is -3.09.